The van der Waals surface area contributed by atoms with Crippen molar-refractivity contribution in [2.24, 2.45) is 0 Å². The fourth-order valence-corrected chi connectivity index (χ4v) is 2.96. The molecule has 1 aliphatic heterocycles. The summed E-state index contributed by atoms with van der Waals surface area (Å²) < 4.78 is 5.22. The summed E-state index contributed by atoms with van der Waals surface area (Å²) in [5.74, 6) is -0.444. The van der Waals surface area contributed by atoms with Gasteiger partial charge < -0.3 is 14.5 Å². The molecule has 1 fully saturated rings. The van der Waals surface area contributed by atoms with Gasteiger partial charge in [-0.2, -0.15) is 0 Å². The maximum atomic E-state index is 12.4. The van der Waals surface area contributed by atoms with Crippen LogP contribution in [0.1, 0.15) is 47.5 Å². The van der Waals surface area contributed by atoms with Gasteiger partial charge in [-0.3, -0.25) is 4.79 Å². The summed E-state index contributed by atoms with van der Waals surface area (Å²) in [4.78, 5) is 25.0. The van der Waals surface area contributed by atoms with Gasteiger partial charge in [-0.05, 0) is 32.1 Å². The number of nitrogens with zero attached hydrogens (tertiary/aromatic N) is 2. The topological polar surface area (TPSA) is 83.6 Å². The number of hydrogen-bond acceptors (Lipinski definition) is 4. The molecule has 0 radical (unpaired) electrons. The van der Waals surface area contributed by atoms with Gasteiger partial charge in [0.1, 0.15) is 11.8 Å². The van der Waals surface area contributed by atoms with Gasteiger partial charge in [0.2, 0.25) is 0 Å². The molecule has 1 aliphatic carbocycles. The minimum absolute atomic E-state index is 0.295. The summed E-state index contributed by atoms with van der Waals surface area (Å²) in [6, 6.07) is -0.719. The highest BCUT2D eigenvalue weighted by atomic mass is 16.5. The molecule has 102 valence electrons. The van der Waals surface area contributed by atoms with E-state index >= 15 is 0 Å². The molecule has 19 heavy (non-hydrogen) atoms. The maximum absolute atomic E-state index is 12.4. The Labute approximate surface area is 110 Å². The van der Waals surface area contributed by atoms with Gasteiger partial charge in [-0.1, -0.05) is 5.16 Å². The van der Waals surface area contributed by atoms with Crippen molar-refractivity contribution in [3.05, 3.63) is 17.0 Å². The number of aryl methyl sites for hydroxylation is 1. The lowest BCUT2D eigenvalue weighted by atomic mass is 9.96. The quantitative estimate of drug-likeness (QED) is 0.868. The largest absolute Gasteiger partial charge is 0.480 e. The van der Waals surface area contributed by atoms with Crippen molar-refractivity contribution in [2.45, 2.75) is 44.6 Å². The van der Waals surface area contributed by atoms with E-state index < -0.39 is 12.0 Å². The van der Waals surface area contributed by atoms with Crippen molar-refractivity contribution in [1.82, 2.24) is 10.1 Å². The van der Waals surface area contributed by atoms with Crippen LogP contribution in [0.25, 0.3) is 0 Å². The second-order valence-electron chi connectivity index (χ2n) is 5.13. The van der Waals surface area contributed by atoms with Gasteiger partial charge in [0, 0.05) is 18.5 Å². The van der Waals surface area contributed by atoms with E-state index in [2.05, 4.69) is 5.16 Å². The molecule has 0 aromatic carbocycles. The predicted molar refractivity (Wildman–Crippen MR) is 64.8 cm³/mol. The van der Waals surface area contributed by atoms with Crippen LogP contribution in [-0.4, -0.2) is 39.6 Å². The normalized spacial score (nSPS) is 22.3. The first kappa shape index (κ1) is 12.2. The van der Waals surface area contributed by atoms with Crippen LogP contribution in [0.5, 0.6) is 0 Å². The summed E-state index contributed by atoms with van der Waals surface area (Å²) in [5, 5.41) is 13.0. The average Bonchev–Trinajstić information content (AvgIpc) is 3.05. The lowest BCUT2D eigenvalue weighted by Crippen LogP contribution is -2.40. The highest BCUT2D eigenvalue weighted by Crippen LogP contribution is 2.27. The lowest BCUT2D eigenvalue weighted by Gasteiger charge is -2.20. The molecule has 0 bridgehead atoms. The summed E-state index contributed by atoms with van der Waals surface area (Å²) in [5.41, 5.74) is 1.20. The van der Waals surface area contributed by atoms with E-state index in [1.54, 1.807) is 0 Å². The van der Waals surface area contributed by atoms with Crippen LogP contribution < -0.4 is 0 Å². The number of amides is 1. The highest BCUT2D eigenvalue weighted by Gasteiger charge is 2.37. The molecule has 1 aromatic rings. The van der Waals surface area contributed by atoms with Crippen molar-refractivity contribution >= 4 is 11.9 Å². The molecule has 6 nitrogen and oxygen atoms in total. The van der Waals surface area contributed by atoms with Crippen molar-refractivity contribution in [1.29, 1.82) is 0 Å². The van der Waals surface area contributed by atoms with Gasteiger partial charge in [0.05, 0.1) is 0 Å². The number of carboxylic acids is 1. The van der Waals surface area contributed by atoms with E-state index in [-0.39, 0.29) is 5.91 Å². The van der Waals surface area contributed by atoms with Crippen LogP contribution in [-0.2, 0) is 17.6 Å². The molecule has 1 atom stereocenters. The molecule has 1 saturated heterocycles. The Bertz CT molecular complexity index is 523. The summed E-state index contributed by atoms with van der Waals surface area (Å²) in [7, 11) is 0. The van der Waals surface area contributed by atoms with E-state index in [9.17, 15) is 9.59 Å². The number of carbonyl (C=O) groups is 2. The molecule has 2 heterocycles. The van der Waals surface area contributed by atoms with Crippen molar-refractivity contribution in [2.75, 3.05) is 6.54 Å². The van der Waals surface area contributed by atoms with E-state index in [1.807, 2.05) is 0 Å². The van der Waals surface area contributed by atoms with Crippen molar-refractivity contribution in [3.63, 3.8) is 0 Å². The van der Waals surface area contributed by atoms with Gasteiger partial charge >= 0.3 is 5.97 Å². The fraction of sp³-hybridized carbons (Fsp3) is 0.615. The van der Waals surface area contributed by atoms with Crippen LogP contribution >= 0.6 is 0 Å². The standard InChI is InChI=1S/C13H16N2O4/c16-12(15-7-3-5-9(15)13(17)18)11-8-4-1-2-6-10(8)19-14-11/h9H,1-7H2,(H,17,18)/t9-/m1/s1. The summed E-state index contributed by atoms with van der Waals surface area (Å²) in [6.45, 7) is 0.484. The first-order valence-corrected chi connectivity index (χ1v) is 6.69. The zero-order valence-electron chi connectivity index (χ0n) is 10.6. The molecule has 3 rings (SSSR count). The number of fused-ring (bicyclic) bond motifs is 1. The minimum atomic E-state index is -0.941. The smallest absolute Gasteiger partial charge is 0.326 e. The molecular formula is C13H16N2O4. The molecular weight excluding hydrogens is 248 g/mol. The Balaban J connectivity index is 1.88. The van der Waals surface area contributed by atoms with Crippen LogP contribution in [0.2, 0.25) is 0 Å². The van der Waals surface area contributed by atoms with Crippen LogP contribution in [0, 0.1) is 0 Å². The average molecular weight is 264 g/mol. The first-order chi connectivity index (χ1) is 9.18. The number of rotatable bonds is 2. The Morgan fingerprint density at radius 2 is 2.05 bits per heavy atom. The Kier molecular flexibility index (Phi) is 3.00. The van der Waals surface area contributed by atoms with Crippen LogP contribution in [0.15, 0.2) is 4.52 Å². The third kappa shape index (κ3) is 2.01. The van der Waals surface area contributed by atoms with E-state index in [4.69, 9.17) is 9.63 Å². The number of hydrogen-bond donors (Lipinski definition) is 1. The predicted octanol–water partition coefficient (Wildman–Crippen LogP) is 1.24. The minimum Gasteiger partial charge on any atom is -0.480 e. The fourth-order valence-electron chi connectivity index (χ4n) is 2.96. The number of carbonyl (C=O) groups excluding carboxylic acids is 1. The summed E-state index contributed by atoms with van der Waals surface area (Å²) >= 11 is 0. The number of likely N-dealkylation sites (tertiary alicyclic amines) is 1. The highest BCUT2D eigenvalue weighted by molar-refractivity contribution is 5.96. The van der Waals surface area contributed by atoms with Crippen molar-refractivity contribution in [3.8, 4) is 0 Å². The number of carboxylic acid groups (broad SMARTS) is 1. The third-order valence-corrected chi connectivity index (χ3v) is 3.95. The molecule has 1 N–H and O–H groups in total. The zero-order valence-corrected chi connectivity index (χ0v) is 10.6. The van der Waals surface area contributed by atoms with Gasteiger partial charge in [0.25, 0.3) is 5.91 Å². The van der Waals surface area contributed by atoms with Crippen LogP contribution in [0.3, 0.4) is 0 Å². The van der Waals surface area contributed by atoms with Gasteiger partial charge in [0.15, 0.2) is 5.69 Å². The van der Waals surface area contributed by atoms with Crippen LogP contribution in [0.4, 0.5) is 0 Å². The SMILES string of the molecule is O=C(O)[C@H]1CCCN1C(=O)c1noc2c1CCCC2. The second kappa shape index (κ2) is 4.68. The molecule has 0 unspecified atom stereocenters. The number of aromatic nitrogens is 1. The molecule has 6 heteroatoms. The molecule has 0 saturated carbocycles. The molecule has 1 amide bonds. The lowest BCUT2D eigenvalue weighted by molar-refractivity contribution is -0.141. The molecule has 2 aliphatic rings. The number of aliphatic carboxylic acids is 1. The summed E-state index contributed by atoms with van der Waals surface area (Å²) in [6.07, 6.45) is 4.93. The Hall–Kier alpha value is -1.85. The van der Waals surface area contributed by atoms with E-state index in [0.29, 0.717) is 18.7 Å². The zero-order chi connectivity index (χ0) is 13.4. The second-order valence-corrected chi connectivity index (χ2v) is 5.13. The molecule has 1 aromatic heterocycles. The Morgan fingerprint density at radius 1 is 1.26 bits per heavy atom. The van der Waals surface area contributed by atoms with E-state index in [0.717, 1.165) is 43.4 Å². The monoisotopic (exact) mass is 264 g/mol. The maximum Gasteiger partial charge on any atom is 0.326 e. The van der Waals surface area contributed by atoms with Gasteiger partial charge in [-0.15, -0.1) is 0 Å². The molecule has 0 spiro atoms. The third-order valence-electron chi connectivity index (χ3n) is 3.95. The van der Waals surface area contributed by atoms with Crippen molar-refractivity contribution < 1.29 is 19.2 Å². The van der Waals surface area contributed by atoms with E-state index in [1.165, 1.54) is 4.90 Å². The van der Waals surface area contributed by atoms with Gasteiger partial charge in [-0.25, -0.2) is 4.79 Å². The first-order valence-electron chi connectivity index (χ1n) is 6.69. The Morgan fingerprint density at radius 3 is 2.84 bits per heavy atom.